The van der Waals surface area contributed by atoms with Gasteiger partial charge in [0.2, 0.25) is 0 Å². The van der Waals surface area contributed by atoms with Gasteiger partial charge in [-0.15, -0.1) is 0 Å². The Morgan fingerprint density at radius 1 is 0.912 bits per heavy atom. The van der Waals surface area contributed by atoms with E-state index >= 15 is 0 Å². The van der Waals surface area contributed by atoms with Gasteiger partial charge in [0.25, 0.3) is 0 Å². The third-order valence-corrected chi connectivity index (χ3v) is 8.14. The number of aromatic nitrogens is 2. The third-order valence-electron chi connectivity index (χ3n) is 7.91. The SMILES string of the molecule is CC(C)CC(CCNc1nn(CCC(C)N2CCCCC2)c2ccc(Cl)cc12)N1CCCCC1. The molecule has 2 unspecified atom stereocenters. The van der Waals surface area contributed by atoms with Gasteiger partial charge < -0.3 is 15.1 Å². The van der Waals surface area contributed by atoms with E-state index in [1.54, 1.807) is 0 Å². The second kappa shape index (κ2) is 12.6. The molecule has 0 amide bonds. The molecule has 0 radical (unpaired) electrons. The number of nitrogens with zero attached hydrogens (tertiary/aromatic N) is 4. The fraction of sp³-hybridized carbons (Fsp3) is 0.750. The molecule has 2 aliphatic rings. The van der Waals surface area contributed by atoms with Crippen LogP contribution in [0.1, 0.15) is 78.6 Å². The standard InChI is InChI=1S/C28H46ClN5/c1-22(2)20-25(33-17-8-5-9-18-33)12-14-30-28-26-21-24(29)10-11-27(26)34(31-28)19-13-23(3)32-15-6-4-7-16-32/h10-11,21-23,25H,4-9,12-20H2,1-3H3,(H,30,31). The van der Waals surface area contributed by atoms with E-state index in [1.165, 1.54) is 83.1 Å². The summed E-state index contributed by atoms with van der Waals surface area (Å²) in [5.41, 5.74) is 1.19. The highest BCUT2D eigenvalue weighted by Gasteiger charge is 2.22. The molecule has 3 heterocycles. The number of piperidine rings is 2. The van der Waals surface area contributed by atoms with E-state index in [9.17, 15) is 0 Å². The Morgan fingerprint density at radius 2 is 1.59 bits per heavy atom. The Morgan fingerprint density at radius 3 is 2.26 bits per heavy atom. The molecule has 2 aromatic rings. The summed E-state index contributed by atoms with van der Waals surface area (Å²) in [5.74, 6) is 1.72. The van der Waals surface area contributed by atoms with Crippen LogP contribution in [-0.4, -0.2) is 64.4 Å². The number of aryl methyl sites for hydroxylation is 1. The van der Waals surface area contributed by atoms with Gasteiger partial charge in [0.15, 0.2) is 5.82 Å². The molecule has 190 valence electrons. The number of hydrogen-bond donors (Lipinski definition) is 1. The summed E-state index contributed by atoms with van der Waals surface area (Å²) in [6, 6.07) is 7.47. The van der Waals surface area contributed by atoms with E-state index in [4.69, 9.17) is 16.7 Å². The van der Waals surface area contributed by atoms with Crippen LogP contribution in [0, 0.1) is 5.92 Å². The molecule has 0 aliphatic carbocycles. The molecule has 6 heteroatoms. The van der Waals surface area contributed by atoms with Crippen molar-refractivity contribution in [3.8, 4) is 0 Å². The number of benzene rings is 1. The van der Waals surface area contributed by atoms with Crippen LogP contribution in [0.2, 0.25) is 5.02 Å². The molecular formula is C28H46ClN5. The lowest BCUT2D eigenvalue weighted by Crippen LogP contribution is -2.41. The summed E-state index contributed by atoms with van der Waals surface area (Å²) in [5, 5.41) is 10.7. The predicted molar refractivity (Wildman–Crippen MR) is 146 cm³/mol. The quantitative estimate of drug-likeness (QED) is 0.384. The number of likely N-dealkylation sites (tertiary alicyclic amines) is 2. The predicted octanol–water partition coefficient (Wildman–Crippen LogP) is 6.66. The molecule has 0 spiro atoms. The Labute approximate surface area is 212 Å². The first-order chi connectivity index (χ1) is 16.5. The fourth-order valence-electron chi connectivity index (χ4n) is 5.94. The van der Waals surface area contributed by atoms with Crippen molar-refractivity contribution >= 4 is 28.3 Å². The number of anilines is 1. The zero-order valence-electron chi connectivity index (χ0n) is 21.7. The van der Waals surface area contributed by atoms with Crippen LogP contribution in [-0.2, 0) is 6.54 Å². The number of halogens is 1. The summed E-state index contributed by atoms with van der Waals surface area (Å²) in [7, 11) is 0. The van der Waals surface area contributed by atoms with Crippen molar-refractivity contribution in [2.45, 2.75) is 97.2 Å². The van der Waals surface area contributed by atoms with Crippen molar-refractivity contribution in [2.24, 2.45) is 5.92 Å². The first-order valence-electron chi connectivity index (χ1n) is 13.9. The lowest BCUT2D eigenvalue weighted by Gasteiger charge is -2.35. The van der Waals surface area contributed by atoms with E-state index in [0.717, 1.165) is 41.7 Å². The van der Waals surface area contributed by atoms with Gasteiger partial charge in [0, 0.05) is 35.6 Å². The van der Waals surface area contributed by atoms with Gasteiger partial charge in [-0.1, -0.05) is 38.3 Å². The highest BCUT2D eigenvalue weighted by molar-refractivity contribution is 6.31. The Bertz CT molecular complexity index is 882. The van der Waals surface area contributed by atoms with Crippen molar-refractivity contribution < 1.29 is 0 Å². The van der Waals surface area contributed by atoms with Gasteiger partial charge in [0.05, 0.1) is 5.52 Å². The normalized spacial score (nSPS) is 20.1. The van der Waals surface area contributed by atoms with Crippen molar-refractivity contribution in [1.29, 1.82) is 0 Å². The average molecular weight is 488 g/mol. The molecule has 2 fully saturated rings. The molecule has 2 atom stereocenters. The van der Waals surface area contributed by atoms with Crippen LogP contribution in [0.25, 0.3) is 10.9 Å². The third kappa shape index (κ3) is 6.89. The zero-order chi connectivity index (χ0) is 23.9. The van der Waals surface area contributed by atoms with Gasteiger partial charge in [0.1, 0.15) is 0 Å². The van der Waals surface area contributed by atoms with Crippen LogP contribution in [0.15, 0.2) is 18.2 Å². The molecule has 1 aromatic heterocycles. The van der Waals surface area contributed by atoms with Gasteiger partial charge in [-0.3, -0.25) is 4.68 Å². The molecular weight excluding hydrogens is 442 g/mol. The summed E-state index contributed by atoms with van der Waals surface area (Å²) in [4.78, 5) is 5.39. The topological polar surface area (TPSA) is 36.3 Å². The molecule has 1 N–H and O–H groups in total. The monoisotopic (exact) mass is 487 g/mol. The minimum Gasteiger partial charge on any atom is -0.368 e. The minimum atomic E-state index is 0.601. The molecule has 4 rings (SSSR count). The Hall–Kier alpha value is -1.30. The van der Waals surface area contributed by atoms with E-state index in [-0.39, 0.29) is 0 Å². The Kier molecular flexibility index (Phi) is 9.55. The molecule has 1 aromatic carbocycles. The summed E-state index contributed by atoms with van der Waals surface area (Å²) in [6.45, 7) is 14.0. The Balaban J connectivity index is 1.40. The zero-order valence-corrected chi connectivity index (χ0v) is 22.5. The van der Waals surface area contributed by atoms with Crippen LogP contribution in [0.4, 0.5) is 5.82 Å². The van der Waals surface area contributed by atoms with Crippen LogP contribution in [0.3, 0.4) is 0 Å². The second-order valence-electron chi connectivity index (χ2n) is 11.1. The van der Waals surface area contributed by atoms with Crippen molar-refractivity contribution in [2.75, 3.05) is 38.0 Å². The molecule has 34 heavy (non-hydrogen) atoms. The molecule has 0 bridgehead atoms. The minimum absolute atomic E-state index is 0.601. The van der Waals surface area contributed by atoms with Crippen LogP contribution >= 0.6 is 11.6 Å². The van der Waals surface area contributed by atoms with Gasteiger partial charge in [-0.25, -0.2) is 0 Å². The molecule has 5 nitrogen and oxygen atoms in total. The van der Waals surface area contributed by atoms with Crippen molar-refractivity contribution in [3.05, 3.63) is 23.2 Å². The lowest BCUT2D eigenvalue weighted by molar-refractivity contribution is 0.139. The average Bonchev–Trinajstić information content (AvgIpc) is 3.19. The van der Waals surface area contributed by atoms with E-state index in [1.807, 2.05) is 6.07 Å². The lowest BCUT2D eigenvalue weighted by atomic mass is 9.97. The maximum absolute atomic E-state index is 6.39. The van der Waals surface area contributed by atoms with Crippen molar-refractivity contribution in [1.82, 2.24) is 19.6 Å². The van der Waals surface area contributed by atoms with Gasteiger partial charge in [-0.2, -0.15) is 5.10 Å². The van der Waals surface area contributed by atoms with E-state index in [2.05, 4.69) is 52.7 Å². The van der Waals surface area contributed by atoms with Crippen molar-refractivity contribution in [3.63, 3.8) is 0 Å². The smallest absolute Gasteiger partial charge is 0.156 e. The first kappa shape index (κ1) is 25.8. The maximum atomic E-state index is 6.39. The number of hydrogen-bond acceptors (Lipinski definition) is 4. The maximum Gasteiger partial charge on any atom is 0.156 e. The first-order valence-corrected chi connectivity index (χ1v) is 14.3. The molecule has 0 saturated carbocycles. The van der Waals surface area contributed by atoms with Gasteiger partial charge in [-0.05, 0) is 102 Å². The number of fused-ring (bicyclic) bond motifs is 1. The molecule has 2 aliphatic heterocycles. The highest BCUT2D eigenvalue weighted by Crippen LogP contribution is 2.28. The number of rotatable bonds is 11. The van der Waals surface area contributed by atoms with Crippen LogP contribution < -0.4 is 5.32 Å². The van der Waals surface area contributed by atoms with Gasteiger partial charge >= 0.3 is 0 Å². The van der Waals surface area contributed by atoms with Crippen LogP contribution in [0.5, 0.6) is 0 Å². The van der Waals surface area contributed by atoms with E-state index in [0.29, 0.717) is 12.1 Å². The molecule has 2 saturated heterocycles. The summed E-state index contributed by atoms with van der Waals surface area (Å²) < 4.78 is 2.20. The largest absolute Gasteiger partial charge is 0.368 e. The highest BCUT2D eigenvalue weighted by atomic mass is 35.5. The number of nitrogens with one attached hydrogen (secondary N) is 1. The summed E-state index contributed by atoms with van der Waals surface area (Å²) in [6.07, 6.45) is 11.7. The fourth-order valence-corrected chi connectivity index (χ4v) is 6.11. The summed E-state index contributed by atoms with van der Waals surface area (Å²) >= 11 is 6.39. The van der Waals surface area contributed by atoms with E-state index < -0.39 is 0 Å². The second-order valence-corrected chi connectivity index (χ2v) is 11.5.